The van der Waals surface area contributed by atoms with E-state index in [2.05, 4.69) is 4.74 Å². The molecular weight excluding hydrogens is 184 g/mol. The van der Waals surface area contributed by atoms with Gasteiger partial charge in [-0.3, -0.25) is 9.59 Å². The van der Waals surface area contributed by atoms with E-state index in [1.165, 1.54) is 0 Å². The van der Waals surface area contributed by atoms with Gasteiger partial charge < -0.3 is 9.47 Å². The molecule has 14 heavy (non-hydrogen) atoms. The molecule has 0 amide bonds. The summed E-state index contributed by atoms with van der Waals surface area (Å²) in [4.78, 5) is 20.5. The number of rotatable bonds is 7. The minimum atomic E-state index is -0.193. The second-order valence-corrected chi connectivity index (χ2v) is 2.80. The second-order valence-electron chi connectivity index (χ2n) is 2.80. The average Bonchev–Trinajstić information content (AvgIpc) is 2.18. The molecule has 0 N–H and O–H groups in total. The van der Waals surface area contributed by atoms with Crippen LogP contribution in [0.5, 0.6) is 0 Å². The van der Waals surface area contributed by atoms with Crippen LogP contribution in [0.1, 0.15) is 26.7 Å². The number of carbonyl (C=O) groups is 2. The van der Waals surface area contributed by atoms with Gasteiger partial charge in [0.2, 0.25) is 0 Å². The molecule has 0 saturated carbocycles. The van der Waals surface area contributed by atoms with Crippen molar-refractivity contribution in [3.63, 3.8) is 0 Å². The molecule has 0 aliphatic heterocycles. The number of carbonyl (C=O) groups excluding carboxylic acids is 2. The van der Waals surface area contributed by atoms with Gasteiger partial charge >= 0.3 is 5.97 Å². The van der Waals surface area contributed by atoms with Crippen molar-refractivity contribution in [2.24, 2.45) is 0 Å². The first kappa shape index (κ1) is 12.7. The first-order chi connectivity index (χ1) is 6.70. The van der Waals surface area contributed by atoms with Gasteiger partial charge in [-0.15, -0.1) is 0 Å². The highest BCUT2D eigenvalue weighted by Gasteiger charge is 1.97. The Morgan fingerprint density at radius 2 is 2.14 bits per heavy atom. The van der Waals surface area contributed by atoms with Crippen molar-refractivity contribution >= 4 is 12.4 Å². The van der Waals surface area contributed by atoms with Crippen LogP contribution in [0.4, 0.5) is 0 Å². The van der Waals surface area contributed by atoms with Crippen LogP contribution in [-0.2, 0) is 19.1 Å². The largest absolute Gasteiger partial charge is 0.465 e. The van der Waals surface area contributed by atoms with Gasteiger partial charge in [-0.1, -0.05) is 12.5 Å². The van der Waals surface area contributed by atoms with Gasteiger partial charge in [-0.2, -0.15) is 0 Å². The predicted molar refractivity (Wildman–Crippen MR) is 51.6 cm³/mol. The molecule has 0 unspecified atom stereocenters. The minimum Gasteiger partial charge on any atom is -0.465 e. The molecule has 0 atom stereocenters. The van der Waals surface area contributed by atoms with Crippen molar-refractivity contribution in [3.8, 4) is 0 Å². The summed E-state index contributed by atoms with van der Waals surface area (Å²) in [5, 5.41) is 0. The molecule has 0 aliphatic rings. The zero-order valence-corrected chi connectivity index (χ0v) is 8.62. The van der Waals surface area contributed by atoms with Crippen molar-refractivity contribution in [1.29, 1.82) is 0 Å². The summed E-state index contributed by atoms with van der Waals surface area (Å²) >= 11 is 0. The molecule has 0 aromatic carbocycles. The lowest BCUT2D eigenvalue weighted by molar-refractivity contribution is -0.143. The van der Waals surface area contributed by atoms with Crippen LogP contribution in [0, 0.1) is 0 Å². The minimum absolute atomic E-state index is 0.193. The molecule has 0 heterocycles. The standard InChI is InChI=1S/C10H16O4/c1-3-10(12)14-7-5-9(2)4-6-13-8-11/h4,8H,3,5-7H2,1-2H3/b9-4-. The van der Waals surface area contributed by atoms with Crippen molar-refractivity contribution < 1.29 is 19.1 Å². The van der Waals surface area contributed by atoms with E-state index >= 15 is 0 Å². The molecular formula is C10H16O4. The lowest BCUT2D eigenvalue weighted by atomic mass is 10.2. The van der Waals surface area contributed by atoms with Gasteiger partial charge in [-0.05, 0) is 13.0 Å². The number of esters is 1. The van der Waals surface area contributed by atoms with Crippen LogP contribution in [-0.4, -0.2) is 25.7 Å². The Bertz CT molecular complexity index is 208. The molecule has 80 valence electrons. The zero-order chi connectivity index (χ0) is 10.8. The van der Waals surface area contributed by atoms with Crippen LogP contribution in [0.15, 0.2) is 11.6 Å². The Morgan fingerprint density at radius 3 is 2.71 bits per heavy atom. The Hall–Kier alpha value is -1.32. The fourth-order valence-electron chi connectivity index (χ4n) is 0.760. The van der Waals surface area contributed by atoms with Gasteiger partial charge in [0.05, 0.1) is 6.61 Å². The smallest absolute Gasteiger partial charge is 0.305 e. The maximum atomic E-state index is 10.7. The molecule has 0 fully saturated rings. The van der Waals surface area contributed by atoms with E-state index in [1.807, 2.05) is 6.92 Å². The number of hydrogen-bond acceptors (Lipinski definition) is 4. The quantitative estimate of drug-likeness (QED) is 0.270. The molecule has 0 aromatic heterocycles. The van der Waals surface area contributed by atoms with Crippen molar-refractivity contribution in [3.05, 3.63) is 11.6 Å². The molecule has 0 bridgehead atoms. The summed E-state index contributed by atoms with van der Waals surface area (Å²) in [7, 11) is 0. The highest BCUT2D eigenvalue weighted by atomic mass is 16.5. The highest BCUT2D eigenvalue weighted by Crippen LogP contribution is 2.00. The third kappa shape index (κ3) is 7.34. The molecule has 0 aromatic rings. The Balaban J connectivity index is 3.52. The van der Waals surface area contributed by atoms with E-state index < -0.39 is 0 Å². The van der Waals surface area contributed by atoms with Gasteiger partial charge in [0.15, 0.2) is 0 Å². The fraction of sp³-hybridized carbons (Fsp3) is 0.600. The normalized spacial score (nSPS) is 10.9. The molecule has 0 saturated heterocycles. The van der Waals surface area contributed by atoms with Gasteiger partial charge in [0.25, 0.3) is 6.47 Å². The van der Waals surface area contributed by atoms with Crippen LogP contribution >= 0.6 is 0 Å². The first-order valence-corrected chi connectivity index (χ1v) is 4.57. The van der Waals surface area contributed by atoms with E-state index in [0.717, 1.165) is 5.57 Å². The van der Waals surface area contributed by atoms with E-state index in [4.69, 9.17) is 4.74 Å². The molecule has 0 aliphatic carbocycles. The maximum Gasteiger partial charge on any atom is 0.305 e. The molecule has 0 spiro atoms. The van der Waals surface area contributed by atoms with Crippen LogP contribution in [0.2, 0.25) is 0 Å². The summed E-state index contributed by atoms with van der Waals surface area (Å²) < 4.78 is 9.37. The number of ether oxygens (including phenoxy) is 2. The summed E-state index contributed by atoms with van der Waals surface area (Å²) in [6.45, 7) is 4.71. The molecule has 4 nitrogen and oxygen atoms in total. The van der Waals surface area contributed by atoms with Gasteiger partial charge in [-0.25, -0.2) is 0 Å². The van der Waals surface area contributed by atoms with E-state index in [9.17, 15) is 9.59 Å². The lowest BCUT2D eigenvalue weighted by Crippen LogP contribution is -2.04. The third-order valence-electron chi connectivity index (χ3n) is 1.64. The molecule has 0 radical (unpaired) electrons. The summed E-state index contributed by atoms with van der Waals surface area (Å²) in [6, 6.07) is 0. The Morgan fingerprint density at radius 1 is 1.43 bits per heavy atom. The highest BCUT2D eigenvalue weighted by molar-refractivity contribution is 5.68. The topological polar surface area (TPSA) is 52.6 Å². The van der Waals surface area contributed by atoms with Gasteiger partial charge in [0, 0.05) is 12.8 Å². The number of hydrogen-bond donors (Lipinski definition) is 0. The molecule has 0 rings (SSSR count). The third-order valence-corrected chi connectivity index (χ3v) is 1.64. The van der Waals surface area contributed by atoms with E-state index in [1.54, 1.807) is 13.0 Å². The maximum absolute atomic E-state index is 10.7. The van der Waals surface area contributed by atoms with Crippen molar-refractivity contribution in [2.45, 2.75) is 26.7 Å². The summed E-state index contributed by atoms with van der Waals surface area (Å²) in [6.07, 6.45) is 2.86. The predicted octanol–water partition coefficient (Wildman–Crippen LogP) is 1.45. The van der Waals surface area contributed by atoms with Crippen LogP contribution in [0.3, 0.4) is 0 Å². The van der Waals surface area contributed by atoms with Crippen LogP contribution in [0.25, 0.3) is 0 Å². The lowest BCUT2D eigenvalue weighted by Gasteiger charge is -2.03. The van der Waals surface area contributed by atoms with Crippen LogP contribution < -0.4 is 0 Å². The SMILES string of the molecule is CCC(=O)OCC/C(C)=C\COC=O. The van der Waals surface area contributed by atoms with E-state index in [0.29, 0.717) is 25.9 Å². The van der Waals surface area contributed by atoms with Crippen molar-refractivity contribution in [2.75, 3.05) is 13.2 Å². The summed E-state index contributed by atoms with van der Waals surface area (Å²) in [5.74, 6) is -0.193. The van der Waals surface area contributed by atoms with Crippen molar-refractivity contribution in [1.82, 2.24) is 0 Å². The van der Waals surface area contributed by atoms with E-state index in [-0.39, 0.29) is 12.6 Å². The second kappa shape index (κ2) is 8.29. The Kier molecular flexibility index (Phi) is 7.50. The fourth-order valence-corrected chi connectivity index (χ4v) is 0.760. The first-order valence-electron chi connectivity index (χ1n) is 4.57. The van der Waals surface area contributed by atoms with Gasteiger partial charge in [0.1, 0.15) is 6.61 Å². The summed E-state index contributed by atoms with van der Waals surface area (Å²) in [5.41, 5.74) is 1.04. The zero-order valence-electron chi connectivity index (χ0n) is 8.62. The molecule has 4 heteroatoms. The Labute approximate surface area is 83.9 Å². The average molecular weight is 200 g/mol. The monoisotopic (exact) mass is 200 g/mol.